The maximum absolute atomic E-state index is 12.9. The zero-order valence-corrected chi connectivity index (χ0v) is 52.6. The molecule has 0 rings (SSSR count). The van der Waals surface area contributed by atoms with Crippen molar-refractivity contribution in [1.29, 1.82) is 0 Å². The Hall–Kier alpha value is -3.15. The second-order valence-corrected chi connectivity index (χ2v) is 23.1. The third-order valence-corrected chi connectivity index (χ3v) is 15.2. The molecule has 0 bridgehead atoms. The molecule has 0 aliphatic heterocycles. The number of esters is 3. The highest BCUT2D eigenvalue weighted by molar-refractivity contribution is 5.71. The predicted octanol–water partition coefficient (Wildman–Crippen LogP) is 23.7. The third kappa shape index (κ3) is 65.5. The molecule has 0 aromatic carbocycles. The first kappa shape index (κ1) is 75.8. The number of hydrogen-bond acceptors (Lipinski definition) is 6. The van der Waals surface area contributed by atoms with Crippen molar-refractivity contribution in [2.45, 2.75) is 361 Å². The van der Waals surface area contributed by atoms with E-state index in [1.54, 1.807) is 0 Å². The van der Waals surface area contributed by atoms with Crippen LogP contribution in [-0.2, 0) is 28.6 Å². The highest BCUT2D eigenvalue weighted by Crippen LogP contribution is 2.17. The van der Waals surface area contributed by atoms with Gasteiger partial charge in [-0.15, -0.1) is 0 Å². The van der Waals surface area contributed by atoms with Gasteiger partial charge in [0.2, 0.25) is 0 Å². The molecule has 0 spiro atoms. The number of carbonyl (C=O) groups is 3. The summed E-state index contributed by atoms with van der Waals surface area (Å²) in [4.78, 5) is 38.4. The van der Waals surface area contributed by atoms with Gasteiger partial charge in [-0.1, -0.05) is 299 Å². The summed E-state index contributed by atoms with van der Waals surface area (Å²) in [5.74, 6) is -0.865. The van der Waals surface area contributed by atoms with Crippen molar-refractivity contribution in [3.05, 3.63) is 72.9 Å². The van der Waals surface area contributed by atoms with Crippen LogP contribution in [0.25, 0.3) is 0 Å². The van der Waals surface area contributed by atoms with Gasteiger partial charge in [0.25, 0.3) is 0 Å². The van der Waals surface area contributed by atoms with Gasteiger partial charge in [0.05, 0.1) is 0 Å². The van der Waals surface area contributed by atoms with E-state index in [1.165, 1.54) is 231 Å². The first-order chi connectivity index (χ1) is 39.0. The lowest BCUT2D eigenvalue weighted by atomic mass is 10.0. The molecular formula is C73H130O6. The van der Waals surface area contributed by atoms with E-state index in [2.05, 4.69) is 93.7 Å². The fourth-order valence-electron chi connectivity index (χ4n) is 10.0. The molecule has 79 heavy (non-hydrogen) atoms. The Morgan fingerprint density at radius 2 is 0.494 bits per heavy atom. The minimum atomic E-state index is -0.780. The topological polar surface area (TPSA) is 78.9 Å². The molecule has 0 radical (unpaired) electrons. The van der Waals surface area contributed by atoms with E-state index in [9.17, 15) is 14.4 Å². The lowest BCUT2D eigenvalue weighted by Crippen LogP contribution is -2.30. The van der Waals surface area contributed by atoms with Crippen LogP contribution in [0.5, 0.6) is 0 Å². The first-order valence-electron chi connectivity index (χ1n) is 34.4. The lowest BCUT2D eigenvalue weighted by Gasteiger charge is -2.18. The van der Waals surface area contributed by atoms with Gasteiger partial charge in [-0.25, -0.2) is 0 Å². The number of ether oxygens (including phenoxy) is 3. The average molecular weight is 1100 g/mol. The van der Waals surface area contributed by atoms with E-state index < -0.39 is 6.10 Å². The van der Waals surface area contributed by atoms with Crippen molar-refractivity contribution in [1.82, 2.24) is 0 Å². The Bertz CT molecular complexity index is 1450. The summed E-state index contributed by atoms with van der Waals surface area (Å²) in [7, 11) is 0. The molecule has 0 saturated heterocycles. The van der Waals surface area contributed by atoms with Gasteiger partial charge < -0.3 is 14.2 Å². The molecule has 0 aromatic heterocycles. The van der Waals surface area contributed by atoms with Gasteiger partial charge in [0, 0.05) is 19.3 Å². The molecule has 0 heterocycles. The summed E-state index contributed by atoms with van der Waals surface area (Å²) in [5.41, 5.74) is 0. The number of hydrogen-bond donors (Lipinski definition) is 0. The maximum Gasteiger partial charge on any atom is 0.306 e. The van der Waals surface area contributed by atoms with E-state index in [1.807, 2.05) is 0 Å². The van der Waals surface area contributed by atoms with Crippen LogP contribution in [0.4, 0.5) is 0 Å². The zero-order chi connectivity index (χ0) is 57.1. The minimum Gasteiger partial charge on any atom is -0.462 e. The van der Waals surface area contributed by atoms with Crippen LogP contribution in [0.3, 0.4) is 0 Å². The Morgan fingerprint density at radius 3 is 0.785 bits per heavy atom. The number of carbonyl (C=O) groups excluding carboxylic acids is 3. The number of allylic oxidation sites excluding steroid dienone is 12. The summed E-state index contributed by atoms with van der Waals surface area (Å²) >= 11 is 0. The SMILES string of the molecule is CC/C=C\C/C=C\C/C=C\C/C=C\CCCCCCCCCCCCCCCCC(=O)OCC(COC(=O)CCCCCCCCC/C=C\CCCCCCCC)OC(=O)CCCCCCCCC/C=C\CCCCCCCC. The highest BCUT2D eigenvalue weighted by Gasteiger charge is 2.19. The molecule has 458 valence electrons. The van der Waals surface area contributed by atoms with Crippen LogP contribution >= 0.6 is 0 Å². The standard InChI is InChI=1S/C73H130O6/c1-4-7-10-13-16-19-22-25-28-31-32-33-34-35-36-37-38-39-40-43-45-48-51-54-57-60-63-66-72(75)78-69-70(79-73(76)67-64-61-58-55-52-49-46-42-30-27-24-21-18-15-12-9-6-3)68-77-71(74)65-62-59-56-53-50-47-44-41-29-26-23-20-17-14-11-8-5-2/h7,10,16,19,25-30,32-33,70H,4-6,8-9,11-15,17-18,20-24,31,34-69H2,1-3H3/b10-7-,19-16-,28-25-,29-26-,30-27-,33-32-. The van der Waals surface area contributed by atoms with Crippen LogP contribution < -0.4 is 0 Å². The van der Waals surface area contributed by atoms with Crippen molar-refractivity contribution in [2.75, 3.05) is 13.2 Å². The van der Waals surface area contributed by atoms with E-state index in [4.69, 9.17) is 14.2 Å². The van der Waals surface area contributed by atoms with Crippen molar-refractivity contribution in [3.8, 4) is 0 Å². The van der Waals surface area contributed by atoms with Crippen molar-refractivity contribution in [3.63, 3.8) is 0 Å². The smallest absolute Gasteiger partial charge is 0.306 e. The average Bonchev–Trinajstić information content (AvgIpc) is 3.45. The van der Waals surface area contributed by atoms with Gasteiger partial charge in [-0.05, 0) is 109 Å². The van der Waals surface area contributed by atoms with Crippen molar-refractivity contribution >= 4 is 17.9 Å². The Balaban J connectivity index is 4.29. The number of unbranched alkanes of at least 4 members (excludes halogenated alkanes) is 40. The van der Waals surface area contributed by atoms with Gasteiger partial charge in [0.1, 0.15) is 13.2 Å². The predicted molar refractivity (Wildman–Crippen MR) is 344 cm³/mol. The summed E-state index contributed by atoms with van der Waals surface area (Å²) in [6.07, 6.45) is 87.7. The van der Waals surface area contributed by atoms with Crippen molar-refractivity contribution < 1.29 is 28.6 Å². The fraction of sp³-hybridized carbons (Fsp3) is 0.795. The lowest BCUT2D eigenvalue weighted by molar-refractivity contribution is -0.167. The summed E-state index contributed by atoms with van der Waals surface area (Å²) in [5, 5.41) is 0. The first-order valence-corrected chi connectivity index (χ1v) is 34.4. The second kappa shape index (κ2) is 67.4. The molecule has 6 nitrogen and oxygen atoms in total. The molecular weight excluding hydrogens is 973 g/mol. The molecule has 6 heteroatoms. The number of rotatable bonds is 63. The quantitative estimate of drug-likeness (QED) is 0.0261. The molecule has 0 aromatic rings. The Kier molecular flexibility index (Phi) is 64.7. The Labute approximate surface area is 491 Å². The van der Waals surface area contributed by atoms with Gasteiger partial charge >= 0.3 is 17.9 Å². The largest absolute Gasteiger partial charge is 0.462 e. The zero-order valence-electron chi connectivity index (χ0n) is 52.6. The monoisotopic (exact) mass is 1100 g/mol. The molecule has 1 atom stereocenters. The second-order valence-electron chi connectivity index (χ2n) is 23.1. The van der Waals surface area contributed by atoms with E-state index in [0.29, 0.717) is 19.3 Å². The molecule has 0 saturated carbocycles. The van der Waals surface area contributed by atoms with Crippen LogP contribution in [0.1, 0.15) is 355 Å². The normalized spacial score (nSPS) is 12.5. The van der Waals surface area contributed by atoms with Crippen LogP contribution in [-0.4, -0.2) is 37.2 Å². The van der Waals surface area contributed by atoms with Crippen LogP contribution in [0.2, 0.25) is 0 Å². The minimum absolute atomic E-state index is 0.0757. The van der Waals surface area contributed by atoms with Gasteiger partial charge in [0.15, 0.2) is 6.10 Å². The molecule has 0 aliphatic carbocycles. The van der Waals surface area contributed by atoms with Gasteiger partial charge in [-0.2, -0.15) is 0 Å². The molecule has 0 N–H and O–H groups in total. The Morgan fingerprint density at radius 1 is 0.266 bits per heavy atom. The van der Waals surface area contributed by atoms with E-state index in [0.717, 1.165) is 83.5 Å². The summed E-state index contributed by atoms with van der Waals surface area (Å²) < 4.78 is 17.0. The molecule has 0 aliphatic rings. The molecule has 1 unspecified atom stereocenters. The highest BCUT2D eigenvalue weighted by atomic mass is 16.6. The van der Waals surface area contributed by atoms with Crippen LogP contribution in [0, 0.1) is 0 Å². The van der Waals surface area contributed by atoms with E-state index in [-0.39, 0.29) is 31.1 Å². The summed E-state index contributed by atoms with van der Waals surface area (Å²) in [6.45, 7) is 6.56. The van der Waals surface area contributed by atoms with Crippen molar-refractivity contribution in [2.24, 2.45) is 0 Å². The van der Waals surface area contributed by atoms with Crippen LogP contribution in [0.15, 0.2) is 72.9 Å². The molecule has 0 amide bonds. The fourth-order valence-corrected chi connectivity index (χ4v) is 10.0. The van der Waals surface area contributed by atoms with E-state index >= 15 is 0 Å². The maximum atomic E-state index is 12.9. The molecule has 0 fully saturated rings. The summed E-state index contributed by atoms with van der Waals surface area (Å²) in [6, 6.07) is 0. The third-order valence-electron chi connectivity index (χ3n) is 15.2. The van der Waals surface area contributed by atoms with Gasteiger partial charge in [-0.3, -0.25) is 14.4 Å².